The average Bonchev–Trinajstić information content (AvgIpc) is 2.30. The van der Waals surface area contributed by atoms with Crippen LogP contribution in [0.1, 0.15) is 10.5 Å². The molecule has 0 aliphatic heterocycles. The molecule has 2 N–H and O–H groups in total. The molecule has 0 saturated heterocycles. The molecule has 16 heavy (non-hydrogen) atoms. The quantitative estimate of drug-likeness (QED) is 0.785. The van der Waals surface area contributed by atoms with Crippen molar-refractivity contribution in [2.24, 2.45) is 0 Å². The van der Waals surface area contributed by atoms with E-state index in [-0.39, 0.29) is 11.3 Å². The highest BCUT2D eigenvalue weighted by molar-refractivity contribution is 6.02. The van der Waals surface area contributed by atoms with Crippen LogP contribution in [0.3, 0.4) is 0 Å². The summed E-state index contributed by atoms with van der Waals surface area (Å²) in [5, 5.41) is 2.63. The van der Waals surface area contributed by atoms with Gasteiger partial charge >= 0.3 is 0 Å². The number of rotatable bonds is 2. The van der Waals surface area contributed by atoms with Crippen molar-refractivity contribution in [1.29, 1.82) is 0 Å². The van der Waals surface area contributed by atoms with Crippen LogP contribution in [0, 0.1) is 0 Å². The van der Waals surface area contributed by atoms with Gasteiger partial charge in [0.2, 0.25) is 0 Å². The third-order valence-electron chi connectivity index (χ3n) is 1.94. The van der Waals surface area contributed by atoms with Crippen LogP contribution >= 0.6 is 0 Å². The number of carbonyl (C=O) groups excluding carboxylic acids is 1. The van der Waals surface area contributed by atoms with E-state index in [4.69, 9.17) is 0 Å². The van der Waals surface area contributed by atoms with E-state index in [0.29, 0.717) is 5.69 Å². The zero-order chi connectivity index (χ0) is 11.4. The Morgan fingerprint density at radius 1 is 1.25 bits per heavy atom. The van der Waals surface area contributed by atoms with E-state index in [1.54, 1.807) is 24.3 Å². The van der Waals surface area contributed by atoms with Gasteiger partial charge in [0, 0.05) is 11.8 Å². The maximum Gasteiger partial charge on any atom is 0.274 e. The van der Waals surface area contributed by atoms with E-state index in [9.17, 15) is 9.59 Å². The lowest BCUT2D eigenvalue weighted by Crippen LogP contribution is -2.17. The molecule has 0 aliphatic rings. The standard InChI is InChI=1S/C11H9N3O2/c15-10-6-9(12-7-13-10)11(16)14-8-4-2-1-3-5-8/h1-7H,(H,14,16)(H,12,13,15). The van der Waals surface area contributed by atoms with E-state index in [1.165, 1.54) is 6.33 Å². The Morgan fingerprint density at radius 2 is 2.00 bits per heavy atom. The normalized spacial score (nSPS) is 9.75. The molecule has 0 spiro atoms. The first kappa shape index (κ1) is 10.1. The van der Waals surface area contributed by atoms with Gasteiger partial charge in [0.25, 0.3) is 11.5 Å². The summed E-state index contributed by atoms with van der Waals surface area (Å²) >= 11 is 0. The Morgan fingerprint density at radius 3 is 2.69 bits per heavy atom. The van der Waals surface area contributed by atoms with E-state index in [2.05, 4.69) is 15.3 Å². The predicted molar refractivity (Wildman–Crippen MR) is 59.3 cm³/mol. The van der Waals surface area contributed by atoms with Crippen molar-refractivity contribution in [3.8, 4) is 0 Å². The van der Waals surface area contributed by atoms with Crippen LogP contribution in [0.4, 0.5) is 5.69 Å². The van der Waals surface area contributed by atoms with Gasteiger partial charge in [-0.15, -0.1) is 0 Å². The summed E-state index contributed by atoms with van der Waals surface area (Å²) in [6.45, 7) is 0. The molecule has 1 aromatic carbocycles. The fraction of sp³-hybridized carbons (Fsp3) is 0. The summed E-state index contributed by atoms with van der Waals surface area (Å²) in [6, 6.07) is 10.1. The molecule has 1 aromatic heterocycles. The number of hydrogen-bond acceptors (Lipinski definition) is 3. The van der Waals surface area contributed by atoms with Crippen LogP contribution in [0.25, 0.3) is 0 Å². The highest BCUT2D eigenvalue weighted by atomic mass is 16.2. The molecule has 1 amide bonds. The molecular formula is C11H9N3O2. The topological polar surface area (TPSA) is 74.8 Å². The first-order chi connectivity index (χ1) is 7.75. The number of H-pyrrole nitrogens is 1. The first-order valence-electron chi connectivity index (χ1n) is 4.67. The van der Waals surface area contributed by atoms with Crippen LogP contribution in [-0.4, -0.2) is 15.9 Å². The number of nitrogens with one attached hydrogen (secondary N) is 2. The third kappa shape index (κ3) is 2.33. The van der Waals surface area contributed by atoms with Crippen LogP contribution in [-0.2, 0) is 0 Å². The van der Waals surface area contributed by atoms with E-state index in [1.807, 2.05) is 6.07 Å². The number of amides is 1. The van der Waals surface area contributed by atoms with Gasteiger partial charge in [-0.2, -0.15) is 0 Å². The molecule has 80 valence electrons. The molecule has 2 aromatic rings. The van der Waals surface area contributed by atoms with Crippen LogP contribution in [0.15, 0.2) is 47.5 Å². The fourth-order valence-electron chi connectivity index (χ4n) is 1.21. The fourth-order valence-corrected chi connectivity index (χ4v) is 1.21. The predicted octanol–water partition coefficient (Wildman–Crippen LogP) is 1.02. The van der Waals surface area contributed by atoms with Crippen molar-refractivity contribution in [2.45, 2.75) is 0 Å². The minimum absolute atomic E-state index is 0.0904. The van der Waals surface area contributed by atoms with E-state index in [0.717, 1.165) is 6.07 Å². The highest BCUT2D eigenvalue weighted by Gasteiger charge is 2.07. The largest absolute Gasteiger partial charge is 0.321 e. The zero-order valence-corrected chi connectivity index (χ0v) is 8.31. The van der Waals surface area contributed by atoms with Crippen LogP contribution in [0.2, 0.25) is 0 Å². The van der Waals surface area contributed by atoms with Gasteiger partial charge in [-0.1, -0.05) is 18.2 Å². The molecule has 0 unspecified atom stereocenters. The second-order valence-corrected chi connectivity index (χ2v) is 3.12. The van der Waals surface area contributed by atoms with Gasteiger partial charge in [0.15, 0.2) is 0 Å². The number of para-hydroxylation sites is 1. The number of hydrogen-bond donors (Lipinski definition) is 2. The SMILES string of the molecule is O=C(Nc1ccccc1)c1cc(=O)[nH]cn1. The molecule has 0 aliphatic carbocycles. The Kier molecular flexibility index (Phi) is 2.77. The lowest BCUT2D eigenvalue weighted by atomic mass is 10.3. The second kappa shape index (κ2) is 4.39. The maximum absolute atomic E-state index is 11.6. The number of aromatic nitrogens is 2. The molecular weight excluding hydrogens is 206 g/mol. The first-order valence-corrected chi connectivity index (χ1v) is 4.67. The molecule has 0 saturated carbocycles. The monoisotopic (exact) mass is 215 g/mol. The molecule has 0 fully saturated rings. The highest BCUT2D eigenvalue weighted by Crippen LogP contribution is 2.06. The summed E-state index contributed by atoms with van der Waals surface area (Å²) in [5.74, 6) is -0.405. The van der Waals surface area contributed by atoms with Crippen molar-refractivity contribution in [2.75, 3.05) is 5.32 Å². The second-order valence-electron chi connectivity index (χ2n) is 3.12. The third-order valence-corrected chi connectivity index (χ3v) is 1.94. The van der Waals surface area contributed by atoms with E-state index < -0.39 is 5.91 Å². The number of anilines is 1. The Balaban J connectivity index is 2.18. The number of aromatic amines is 1. The molecule has 1 heterocycles. The van der Waals surface area contributed by atoms with Gasteiger partial charge in [-0.25, -0.2) is 4.98 Å². The summed E-state index contributed by atoms with van der Waals surface area (Å²) in [4.78, 5) is 28.7. The summed E-state index contributed by atoms with van der Waals surface area (Å²) in [5.41, 5.74) is 0.399. The van der Waals surface area contributed by atoms with Crippen LogP contribution < -0.4 is 10.9 Å². The number of nitrogens with zero attached hydrogens (tertiary/aromatic N) is 1. The molecule has 0 radical (unpaired) electrons. The summed E-state index contributed by atoms with van der Waals surface area (Å²) in [7, 11) is 0. The van der Waals surface area contributed by atoms with Gasteiger partial charge < -0.3 is 10.3 Å². The molecule has 2 rings (SSSR count). The smallest absolute Gasteiger partial charge is 0.274 e. The van der Waals surface area contributed by atoms with Gasteiger partial charge in [-0.3, -0.25) is 9.59 Å². The number of benzene rings is 1. The van der Waals surface area contributed by atoms with Crippen molar-refractivity contribution >= 4 is 11.6 Å². The lowest BCUT2D eigenvalue weighted by Gasteiger charge is -2.02. The maximum atomic E-state index is 11.6. The minimum atomic E-state index is -0.405. The van der Waals surface area contributed by atoms with Crippen molar-refractivity contribution < 1.29 is 4.79 Å². The van der Waals surface area contributed by atoms with E-state index >= 15 is 0 Å². The van der Waals surface area contributed by atoms with Crippen molar-refractivity contribution in [3.05, 3.63) is 58.8 Å². The number of carbonyl (C=O) groups is 1. The van der Waals surface area contributed by atoms with Gasteiger partial charge in [0.05, 0.1) is 6.33 Å². The van der Waals surface area contributed by atoms with Crippen molar-refractivity contribution in [3.63, 3.8) is 0 Å². The van der Waals surface area contributed by atoms with Crippen LogP contribution in [0.5, 0.6) is 0 Å². The molecule has 5 nitrogen and oxygen atoms in total. The summed E-state index contributed by atoms with van der Waals surface area (Å²) in [6.07, 6.45) is 1.20. The average molecular weight is 215 g/mol. The minimum Gasteiger partial charge on any atom is -0.321 e. The Hall–Kier alpha value is -2.43. The molecule has 0 atom stereocenters. The molecule has 5 heteroatoms. The van der Waals surface area contributed by atoms with Crippen molar-refractivity contribution in [1.82, 2.24) is 9.97 Å². The summed E-state index contributed by atoms with van der Waals surface area (Å²) < 4.78 is 0. The Bertz CT molecular complexity index is 548. The molecule has 0 bridgehead atoms. The van der Waals surface area contributed by atoms with Gasteiger partial charge in [-0.05, 0) is 12.1 Å². The van der Waals surface area contributed by atoms with Gasteiger partial charge in [0.1, 0.15) is 5.69 Å². The zero-order valence-electron chi connectivity index (χ0n) is 8.31. The lowest BCUT2D eigenvalue weighted by molar-refractivity contribution is 0.102. The Labute approximate surface area is 91.2 Å².